The van der Waals surface area contributed by atoms with Crippen LogP contribution >= 0.6 is 23.4 Å². The monoisotopic (exact) mass is 307 g/mol. The summed E-state index contributed by atoms with van der Waals surface area (Å²) in [6, 6.07) is 7.54. The van der Waals surface area contributed by atoms with Crippen LogP contribution in [0.3, 0.4) is 0 Å². The predicted octanol–water partition coefficient (Wildman–Crippen LogP) is 3.25. The Morgan fingerprint density at radius 3 is 2.85 bits per heavy atom. The maximum atomic E-state index is 5.86. The molecule has 1 aromatic carbocycles. The van der Waals surface area contributed by atoms with Crippen LogP contribution in [0.5, 0.6) is 0 Å². The third kappa shape index (κ3) is 2.83. The molecule has 0 aliphatic heterocycles. The largest absolute Gasteiger partial charge is 0.431 e. The van der Waals surface area contributed by atoms with Crippen LogP contribution in [0.1, 0.15) is 6.92 Å². The summed E-state index contributed by atoms with van der Waals surface area (Å²) in [5.74, 6) is 0.436. The third-order valence-electron chi connectivity index (χ3n) is 2.38. The first-order chi connectivity index (χ1) is 9.74. The first-order valence-corrected chi connectivity index (χ1v) is 7.13. The Bertz CT molecular complexity index is 715. The summed E-state index contributed by atoms with van der Waals surface area (Å²) in [6.07, 6.45) is 0. The van der Waals surface area contributed by atoms with Crippen molar-refractivity contribution < 1.29 is 4.42 Å². The molecule has 0 aliphatic rings. The molecule has 2 heterocycles. The van der Waals surface area contributed by atoms with Gasteiger partial charge in [-0.3, -0.25) is 0 Å². The first-order valence-electron chi connectivity index (χ1n) is 5.93. The lowest BCUT2D eigenvalue weighted by molar-refractivity contribution is 0.488. The van der Waals surface area contributed by atoms with Gasteiger partial charge in [-0.15, -0.1) is 0 Å². The number of hydrogen-bond acceptors (Lipinski definition) is 7. The number of benzene rings is 1. The summed E-state index contributed by atoms with van der Waals surface area (Å²) in [4.78, 5) is 16.6. The van der Waals surface area contributed by atoms with Gasteiger partial charge in [-0.25, -0.2) is 4.98 Å². The number of rotatable bonds is 4. The minimum Gasteiger partial charge on any atom is -0.431 e. The highest BCUT2D eigenvalue weighted by molar-refractivity contribution is 7.98. The molecular formula is C12H10ClN5OS. The van der Waals surface area contributed by atoms with E-state index in [9.17, 15) is 0 Å². The third-order valence-corrected chi connectivity index (χ3v) is 3.26. The van der Waals surface area contributed by atoms with Crippen molar-refractivity contribution in [1.82, 2.24) is 19.9 Å². The first kappa shape index (κ1) is 13.1. The van der Waals surface area contributed by atoms with E-state index in [1.165, 1.54) is 11.8 Å². The van der Waals surface area contributed by atoms with Crippen LogP contribution in [0.4, 0.5) is 5.95 Å². The van der Waals surface area contributed by atoms with Crippen LogP contribution in [-0.4, -0.2) is 26.5 Å². The van der Waals surface area contributed by atoms with Crippen LogP contribution in [0.15, 0.2) is 39.1 Å². The summed E-state index contributed by atoms with van der Waals surface area (Å²) in [5, 5.41) is 4.03. The smallest absolute Gasteiger partial charge is 0.264 e. The number of anilines is 1. The molecule has 0 atom stereocenters. The number of halogens is 1. The van der Waals surface area contributed by atoms with E-state index in [1.54, 1.807) is 0 Å². The Balaban J connectivity index is 1.90. The molecule has 0 bridgehead atoms. The lowest BCUT2D eigenvalue weighted by Crippen LogP contribution is -2.04. The zero-order valence-corrected chi connectivity index (χ0v) is 12.1. The van der Waals surface area contributed by atoms with Crippen molar-refractivity contribution in [3.05, 3.63) is 29.5 Å². The quantitative estimate of drug-likeness (QED) is 0.792. The van der Waals surface area contributed by atoms with Gasteiger partial charge in [-0.1, -0.05) is 12.1 Å². The number of aromatic nitrogens is 4. The molecule has 6 nitrogen and oxygen atoms in total. The Hall–Kier alpha value is -1.86. The van der Waals surface area contributed by atoms with E-state index in [1.807, 2.05) is 31.2 Å². The molecule has 0 saturated carbocycles. The molecule has 3 aromatic rings. The Morgan fingerprint density at radius 1 is 1.20 bits per heavy atom. The van der Waals surface area contributed by atoms with Crippen LogP contribution < -0.4 is 5.32 Å². The summed E-state index contributed by atoms with van der Waals surface area (Å²) >= 11 is 7.07. The van der Waals surface area contributed by atoms with Gasteiger partial charge in [-0.05, 0) is 30.7 Å². The van der Waals surface area contributed by atoms with Gasteiger partial charge in [0.05, 0.1) is 0 Å². The molecule has 20 heavy (non-hydrogen) atoms. The molecule has 8 heteroatoms. The highest BCUT2D eigenvalue weighted by Gasteiger charge is 2.11. The second-order valence-electron chi connectivity index (χ2n) is 3.79. The standard InChI is InChI=1S/C12H10ClN5OS/c1-2-14-10-16-9(13)17-11(18-10)20-12-15-7-5-3-4-6-8(7)19-12/h3-6H,2H2,1H3,(H,14,16,17,18). The minimum atomic E-state index is 0.134. The number of nitrogens with one attached hydrogen (secondary N) is 1. The van der Waals surface area contributed by atoms with Crippen LogP contribution in [0.25, 0.3) is 11.1 Å². The summed E-state index contributed by atoms with van der Waals surface area (Å²) < 4.78 is 5.60. The maximum absolute atomic E-state index is 5.86. The molecule has 102 valence electrons. The molecular weight excluding hydrogens is 298 g/mol. The predicted molar refractivity (Wildman–Crippen MR) is 77.1 cm³/mol. The average molecular weight is 308 g/mol. The fraction of sp³-hybridized carbons (Fsp3) is 0.167. The van der Waals surface area contributed by atoms with Crippen molar-refractivity contribution in [2.45, 2.75) is 17.3 Å². The number of nitrogens with zero attached hydrogens (tertiary/aromatic N) is 4. The molecule has 0 amide bonds. The van der Waals surface area contributed by atoms with Crippen molar-refractivity contribution >= 4 is 40.4 Å². The molecule has 1 N–H and O–H groups in total. The highest BCUT2D eigenvalue weighted by atomic mass is 35.5. The Morgan fingerprint density at radius 2 is 2.05 bits per heavy atom. The summed E-state index contributed by atoms with van der Waals surface area (Å²) in [7, 11) is 0. The van der Waals surface area contributed by atoms with Crippen molar-refractivity contribution in [1.29, 1.82) is 0 Å². The molecule has 0 spiro atoms. The second-order valence-corrected chi connectivity index (χ2v) is 5.05. The van der Waals surface area contributed by atoms with E-state index in [4.69, 9.17) is 16.0 Å². The van der Waals surface area contributed by atoms with Gasteiger partial charge in [-0.2, -0.15) is 15.0 Å². The van der Waals surface area contributed by atoms with Gasteiger partial charge in [0.15, 0.2) is 5.58 Å². The van der Waals surface area contributed by atoms with E-state index in [0.29, 0.717) is 22.9 Å². The Labute approximate surface area is 124 Å². The van der Waals surface area contributed by atoms with Gasteiger partial charge in [0.25, 0.3) is 5.22 Å². The van der Waals surface area contributed by atoms with Gasteiger partial charge >= 0.3 is 0 Å². The SMILES string of the molecule is CCNc1nc(Cl)nc(Sc2nc3ccccc3o2)n1. The van der Waals surface area contributed by atoms with E-state index in [2.05, 4.69) is 25.3 Å². The average Bonchev–Trinajstić information content (AvgIpc) is 2.80. The molecule has 0 aliphatic carbocycles. The zero-order valence-electron chi connectivity index (χ0n) is 10.5. The van der Waals surface area contributed by atoms with Crippen molar-refractivity contribution in [2.24, 2.45) is 0 Å². The molecule has 3 rings (SSSR count). The molecule has 0 saturated heterocycles. The van der Waals surface area contributed by atoms with Gasteiger partial charge in [0.2, 0.25) is 16.4 Å². The molecule has 0 fully saturated rings. The van der Waals surface area contributed by atoms with Crippen LogP contribution in [0.2, 0.25) is 5.28 Å². The van der Waals surface area contributed by atoms with E-state index < -0.39 is 0 Å². The van der Waals surface area contributed by atoms with E-state index >= 15 is 0 Å². The maximum Gasteiger partial charge on any atom is 0.264 e. The Kier molecular flexibility index (Phi) is 3.70. The van der Waals surface area contributed by atoms with Gasteiger partial charge in [0.1, 0.15) is 5.52 Å². The van der Waals surface area contributed by atoms with Crippen molar-refractivity contribution in [3.8, 4) is 0 Å². The molecule has 2 aromatic heterocycles. The van der Waals surface area contributed by atoms with Crippen LogP contribution in [-0.2, 0) is 0 Å². The van der Waals surface area contributed by atoms with E-state index in [0.717, 1.165) is 11.1 Å². The normalized spacial score (nSPS) is 10.9. The number of oxazole rings is 1. The second kappa shape index (κ2) is 5.64. The zero-order chi connectivity index (χ0) is 13.9. The number of hydrogen-bond donors (Lipinski definition) is 1. The lowest BCUT2D eigenvalue weighted by Gasteiger charge is -2.02. The fourth-order valence-corrected chi connectivity index (χ4v) is 2.49. The number of para-hydroxylation sites is 2. The van der Waals surface area contributed by atoms with Gasteiger partial charge < -0.3 is 9.73 Å². The van der Waals surface area contributed by atoms with Crippen molar-refractivity contribution in [3.63, 3.8) is 0 Å². The van der Waals surface area contributed by atoms with Gasteiger partial charge in [0, 0.05) is 18.3 Å². The summed E-state index contributed by atoms with van der Waals surface area (Å²) in [5.41, 5.74) is 1.52. The summed E-state index contributed by atoms with van der Waals surface area (Å²) in [6.45, 7) is 2.65. The molecule has 0 unspecified atom stereocenters. The van der Waals surface area contributed by atoms with E-state index in [-0.39, 0.29) is 5.28 Å². The van der Waals surface area contributed by atoms with Crippen molar-refractivity contribution in [2.75, 3.05) is 11.9 Å². The van der Waals surface area contributed by atoms with Crippen LogP contribution in [0, 0.1) is 0 Å². The number of fused-ring (bicyclic) bond motifs is 1. The minimum absolute atomic E-state index is 0.134. The highest BCUT2D eigenvalue weighted by Crippen LogP contribution is 2.28. The fourth-order valence-electron chi connectivity index (χ4n) is 1.59. The lowest BCUT2D eigenvalue weighted by atomic mass is 10.3. The molecule has 0 radical (unpaired) electrons. The topological polar surface area (TPSA) is 76.7 Å².